The van der Waals surface area contributed by atoms with E-state index in [-0.39, 0.29) is 11.9 Å². The van der Waals surface area contributed by atoms with Crippen molar-refractivity contribution in [1.82, 2.24) is 10.2 Å². The Kier molecular flexibility index (Phi) is 7.99. The maximum Gasteiger partial charge on any atom is 0.240 e. The van der Waals surface area contributed by atoms with Gasteiger partial charge in [0.05, 0.1) is 6.61 Å². The summed E-state index contributed by atoms with van der Waals surface area (Å²) in [6, 6.07) is 30.0. The summed E-state index contributed by atoms with van der Waals surface area (Å²) in [5.74, 6) is -0.0254. The average Bonchev–Trinajstić information content (AvgIpc) is 2.77. The first-order valence-electron chi connectivity index (χ1n) is 9.88. The van der Waals surface area contributed by atoms with Gasteiger partial charge in [0, 0.05) is 26.7 Å². The Morgan fingerprint density at radius 2 is 1.24 bits per heavy atom. The van der Waals surface area contributed by atoms with Crippen molar-refractivity contribution in [3.05, 3.63) is 108 Å². The van der Waals surface area contributed by atoms with Crippen LogP contribution in [-0.4, -0.2) is 30.6 Å². The molecule has 3 aromatic carbocycles. The fraction of sp³-hybridized carbons (Fsp3) is 0.240. The van der Waals surface area contributed by atoms with E-state index in [1.165, 1.54) is 11.1 Å². The Labute approximate surface area is 173 Å². The van der Waals surface area contributed by atoms with Gasteiger partial charge in [-0.1, -0.05) is 91.0 Å². The molecule has 0 aromatic heterocycles. The second kappa shape index (κ2) is 11.1. The van der Waals surface area contributed by atoms with Gasteiger partial charge in [-0.2, -0.15) is 0 Å². The van der Waals surface area contributed by atoms with Crippen LogP contribution in [0.15, 0.2) is 91.0 Å². The lowest BCUT2D eigenvalue weighted by Gasteiger charge is -2.30. The van der Waals surface area contributed by atoms with E-state index in [2.05, 4.69) is 34.5 Å². The molecule has 150 valence electrons. The van der Waals surface area contributed by atoms with E-state index >= 15 is 0 Å². The van der Waals surface area contributed by atoms with Crippen LogP contribution >= 0.6 is 0 Å². The van der Waals surface area contributed by atoms with E-state index in [9.17, 15) is 4.79 Å². The molecule has 0 radical (unpaired) electrons. The third-order valence-electron chi connectivity index (χ3n) is 4.83. The Morgan fingerprint density at radius 1 is 0.793 bits per heavy atom. The van der Waals surface area contributed by atoms with Gasteiger partial charge in [0.1, 0.15) is 6.04 Å². The summed E-state index contributed by atoms with van der Waals surface area (Å²) in [7, 11) is 1.64. The first-order valence-corrected chi connectivity index (χ1v) is 9.88. The van der Waals surface area contributed by atoms with Gasteiger partial charge in [0.2, 0.25) is 5.91 Å². The number of benzene rings is 3. The topological polar surface area (TPSA) is 41.6 Å². The van der Waals surface area contributed by atoms with E-state index in [0.717, 1.165) is 5.56 Å². The number of ether oxygens (including phenoxy) is 1. The van der Waals surface area contributed by atoms with Crippen molar-refractivity contribution in [2.24, 2.45) is 0 Å². The molecular formula is C25H28N2O2. The van der Waals surface area contributed by atoms with Crippen LogP contribution < -0.4 is 5.32 Å². The number of methoxy groups -OCH3 is 1. The Hall–Kier alpha value is -2.95. The van der Waals surface area contributed by atoms with Crippen LogP contribution in [0.5, 0.6) is 0 Å². The largest absolute Gasteiger partial charge is 0.383 e. The standard InChI is InChI=1S/C25H28N2O2/c1-29-20-24(25(28)26-17-21-11-5-2-6-12-21)27(18-22-13-7-3-8-14-22)19-23-15-9-4-10-16-23/h2-16,24H,17-20H2,1H3,(H,26,28)/t24-/m1/s1. The first kappa shape index (κ1) is 20.8. The van der Waals surface area contributed by atoms with E-state index in [0.29, 0.717) is 26.2 Å². The molecule has 3 rings (SSSR count). The minimum absolute atomic E-state index is 0.0254. The highest BCUT2D eigenvalue weighted by Gasteiger charge is 2.26. The lowest BCUT2D eigenvalue weighted by atomic mass is 10.1. The van der Waals surface area contributed by atoms with Crippen molar-refractivity contribution in [2.75, 3.05) is 13.7 Å². The van der Waals surface area contributed by atoms with Crippen LogP contribution in [0.3, 0.4) is 0 Å². The van der Waals surface area contributed by atoms with E-state index < -0.39 is 0 Å². The number of amides is 1. The van der Waals surface area contributed by atoms with Gasteiger partial charge in [-0.15, -0.1) is 0 Å². The van der Waals surface area contributed by atoms with Crippen molar-refractivity contribution in [3.63, 3.8) is 0 Å². The third kappa shape index (κ3) is 6.56. The van der Waals surface area contributed by atoms with Crippen molar-refractivity contribution in [1.29, 1.82) is 0 Å². The van der Waals surface area contributed by atoms with Crippen LogP contribution in [0.25, 0.3) is 0 Å². The molecule has 0 spiro atoms. The quantitative estimate of drug-likeness (QED) is 0.570. The predicted molar refractivity (Wildman–Crippen MR) is 116 cm³/mol. The zero-order valence-electron chi connectivity index (χ0n) is 16.8. The lowest BCUT2D eigenvalue weighted by Crippen LogP contribution is -2.48. The summed E-state index contributed by atoms with van der Waals surface area (Å²) in [5.41, 5.74) is 3.41. The number of hydrogen-bond acceptors (Lipinski definition) is 3. The summed E-state index contributed by atoms with van der Waals surface area (Å²) in [6.07, 6.45) is 0. The molecule has 0 saturated heterocycles. The van der Waals surface area contributed by atoms with Crippen molar-refractivity contribution in [3.8, 4) is 0 Å². The molecule has 0 aliphatic heterocycles. The van der Waals surface area contributed by atoms with Gasteiger partial charge in [-0.05, 0) is 16.7 Å². The number of carbonyl (C=O) groups excluding carboxylic acids is 1. The van der Waals surface area contributed by atoms with Gasteiger partial charge in [0.25, 0.3) is 0 Å². The molecule has 29 heavy (non-hydrogen) atoms. The van der Waals surface area contributed by atoms with E-state index in [1.807, 2.05) is 66.7 Å². The molecule has 4 heteroatoms. The number of carbonyl (C=O) groups is 1. The van der Waals surface area contributed by atoms with E-state index in [4.69, 9.17) is 4.74 Å². The molecule has 0 fully saturated rings. The van der Waals surface area contributed by atoms with Gasteiger partial charge in [0.15, 0.2) is 0 Å². The van der Waals surface area contributed by atoms with Crippen LogP contribution in [0.2, 0.25) is 0 Å². The summed E-state index contributed by atoms with van der Waals surface area (Å²) >= 11 is 0. The van der Waals surface area contributed by atoms with Crippen LogP contribution in [0, 0.1) is 0 Å². The summed E-state index contributed by atoms with van der Waals surface area (Å²) in [5, 5.41) is 3.08. The number of rotatable bonds is 10. The van der Waals surface area contributed by atoms with E-state index in [1.54, 1.807) is 7.11 Å². The lowest BCUT2D eigenvalue weighted by molar-refractivity contribution is -0.129. The summed E-state index contributed by atoms with van der Waals surface area (Å²) in [6.45, 7) is 2.18. The highest BCUT2D eigenvalue weighted by Crippen LogP contribution is 2.14. The molecule has 3 aromatic rings. The van der Waals surface area contributed by atoms with Crippen LogP contribution in [0.1, 0.15) is 16.7 Å². The summed E-state index contributed by atoms with van der Waals surface area (Å²) in [4.78, 5) is 15.3. The molecule has 4 nitrogen and oxygen atoms in total. The van der Waals surface area contributed by atoms with Crippen molar-refractivity contribution < 1.29 is 9.53 Å². The minimum Gasteiger partial charge on any atom is -0.383 e. The van der Waals surface area contributed by atoms with Crippen LogP contribution in [0.4, 0.5) is 0 Å². The zero-order valence-corrected chi connectivity index (χ0v) is 16.8. The molecule has 0 unspecified atom stereocenters. The molecular weight excluding hydrogens is 360 g/mol. The van der Waals surface area contributed by atoms with Crippen LogP contribution in [-0.2, 0) is 29.2 Å². The fourth-order valence-corrected chi connectivity index (χ4v) is 3.32. The second-order valence-electron chi connectivity index (χ2n) is 7.05. The Bertz CT molecular complexity index is 812. The van der Waals surface area contributed by atoms with Gasteiger partial charge in [-0.3, -0.25) is 9.69 Å². The average molecular weight is 389 g/mol. The maximum absolute atomic E-state index is 13.1. The molecule has 0 aliphatic rings. The van der Waals surface area contributed by atoms with Gasteiger partial charge in [-0.25, -0.2) is 0 Å². The highest BCUT2D eigenvalue weighted by molar-refractivity contribution is 5.81. The molecule has 1 atom stereocenters. The molecule has 0 aliphatic carbocycles. The predicted octanol–water partition coefficient (Wildman–Crippen LogP) is 4.02. The van der Waals surface area contributed by atoms with Crippen molar-refractivity contribution >= 4 is 5.91 Å². The molecule has 0 saturated carbocycles. The fourth-order valence-electron chi connectivity index (χ4n) is 3.32. The SMILES string of the molecule is COC[C@H](C(=O)NCc1ccccc1)N(Cc1ccccc1)Cc1ccccc1. The summed E-state index contributed by atoms with van der Waals surface area (Å²) < 4.78 is 5.43. The zero-order chi connectivity index (χ0) is 20.3. The Morgan fingerprint density at radius 3 is 1.69 bits per heavy atom. The van der Waals surface area contributed by atoms with Gasteiger partial charge < -0.3 is 10.1 Å². The van der Waals surface area contributed by atoms with Crippen molar-refractivity contribution in [2.45, 2.75) is 25.7 Å². The Balaban J connectivity index is 1.77. The molecule has 1 N–H and O–H groups in total. The molecule has 1 amide bonds. The monoisotopic (exact) mass is 388 g/mol. The molecule has 0 heterocycles. The number of hydrogen-bond donors (Lipinski definition) is 1. The maximum atomic E-state index is 13.1. The highest BCUT2D eigenvalue weighted by atomic mass is 16.5. The third-order valence-corrected chi connectivity index (χ3v) is 4.83. The number of nitrogens with zero attached hydrogens (tertiary/aromatic N) is 1. The smallest absolute Gasteiger partial charge is 0.240 e. The second-order valence-corrected chi connectivity index (χ2v) is 7.05. The first-order chi connectivity index (χ1) is 14.3. The number of nitrogens with one attached hydrogen (secondary N) is 1. The minimum atomic E-state index is -0.385. The van der Waals surface area contributed by atoms with Gasteiger partial charge >= 0.3 is 0 Å². The normalized spacial score (nSPS) is 11.9. The molecule has 0 bridgehead atoms.